The van der Waals surface area contributed by atoms with Gasteiger partial charge in [-0.25, -0.2) is 18.2 Å². The zero-order valence-corrected chi connectivity index (χ0v) is 12.0. The first kappa shape index (κ1) is 15.1. The Hall–Kier alpha value is -2.32. The van der Waals surface area contributed by atoms with Crippen molar-refractivity contribution in [3.8, 4) is 0 Å². The third kappa shape index (κ3) is 3.41. The van der Waals surface area contributed by atoms with Gasteiger partial charge in [-0.05, 0) is 30.3 Å². The van der Waals surface area contributed by atoms with Gasteiger partial charge in [-0.2, -0.15) is 0 Å². The summed E-state index contributed by atoms with van der Waals surface area (Å²) in [5, 5.41) is 9.28. The van der Waals surface area contributed by atoms with Gasteiger partial charge in [0.05, 0.1) is 17.4 Å². The number of benzene rings is 1. The van der Waals surface area contributed by atoms with E-state index in [4.69, 9.17) is 22.4 Å². The lowest BCUT2D eigenvalue weighted by Crippen LogP contribution is -2.17. The maximum Gasteiger partial charge on any atom is 0.337 e. The van der Waals surface area contributed by atoms with E-state index in [2.05, 4.69) is 9.71 Å². The Morgan fingerprint density at radius 1 is 1.29 bits per heavy atom. The summed E-state index contributed by atoms with van der Waals surface area (Å²) in [7, 11) is -4.09. The predicted molar refractivity (Wildman–Crippen MR) is 77.9 cm³/mol. The van der Waals surface area contributed by atoms with Crippen LogP contribution < -0.4 is 10.5 Å². The molecule has 21 heavy (non-hydrogen) atoms. The van der Waals surface area contributed by atoms with E-state index in [0.717, 1.165) is 12.1 Å². The molecule has 1 aromatic heterocycles. The second-order valence-electron chi connectivity index (χ2n) is 4.04. The Balaban J connectivity index is 2.44. The number of hydrogen-bond acceptors (Lipinski definition) is 5. The maximum atomic E-state index is 12.2. The molecule has 1 heterocycles. The van der Waals surface area contributed by atoms with E-state index in [1.165, 1.54) is 24.4 Å². The van der Waals surface area contributed by atoms with Gasteiger partial charge < -0.3 is 10.8 Å². The molecule has 4 N–H and O–H groups in total. The summed E-state index contributed by atoms with van der Waals surface area (Å²) in [5.74, 6) is -1.39. The summed E-state index contributed by atoms with van der Waals surface area (Å²) < 4.78 is 26.7. The summed E-state index contributed by atoms with van der Waals surface area (Å²) in [6.07, 6.45) is 1.22. The van der Waals surface area contributed by atoms with Crippen LogP contribution in [-0.4, -0.2) is 24.5 Å². The van der Waals surface area contributed by atoms with Crippen molar-refractivity contribution in [2.75, 3.05) is 10.5 Å². The van der Waals surface area contributed by atoms with Crippen LogP contribution >= 0.6 is 11.6 Å². The number of hydrogen-bond donors (Lipinski definition) is 3. The molecule has 0 saturated carbocycles. The van der Waals surface area contributed by atoms with Crippen LogP contribution in [0.1, 0.15) is 10.4 Å². The number of nitrogens with zero attached hydrogens (tertiary/aromatic N) is 1. The first-order valence-corrected chi connectivity index (χ1v) is 7.43. The summed E-state index contributed by atoms with van der Waals surface area (Å²) in [6, 6.07) is 6.33. The third-order valence-corrected chi connectivity index (χ3v) is 4.17. The fraction of sp³-hybridized carbons (Fsp3) is 0. The van der Waals surface area contributed by atoms with Gasteiger partial charge in [-0.3, -0.25) is 4.72 Å². The predicted octanol–water partition coefficient (Wildman–Crippen LogP) is 1.82. The molecular formula is C12H10ClN3O4S. The van der Waals surface area contributed by atoms with Crippen molar-refractivity contribution in [1.29, 1.82) is 0 Å². The molecule has 2 rings (SSSR count). The third-order valence-electron chi connectivity index (χ3n) is 2.50. The number of nitrogen functional groups attached to an aromatic ring is 1. The quantitative estimate of drug-likeness (QED) is 0.581. The number of pyridine rings is 1. The van der Waals surface area contributed by atoms with E-state index in [-0.39, 0.29) is 21.4 Å². The van der Waals surface area contributed by atoms with Crippen LogP contribution in [-0.2, 0) is 10.0 Å². The van der Waals surface area contributed by atoms with Gasteiger partial charge in [0.15, 0.2) is 0 Å². The molecular weight excluding hydrogens is 318 g/mol. The Labute approximate surface area is 125 Å². The van der Waals surface area contributed by atoms with Gasteiger partial charge >= 0.3 is 5.97 Å². The normalized spacial score (nSPS) is 11.1. The summed E-state index contributed by atoms with van der Waals surface area (Å²) >= 11 is 5.60. The number of carboxylic acids is 1. The van der Waals surface area contributed by atoms with E-state index in [0.29, 0.717) is 0 Å². The highest BCUT2D eigenvalue weighted by Gasteiger charge is 2.22. The molecule has 110 valence electrons. The molecule has 9 heteroatoms. The fourth-order valence-corrected chi connectivity index (χ4v) is 2.93. The number of rotatable bonds is 4. The van der Waals surface area contributed by atoms with Gasteiger partial charge in [-0.15, -0.1) is 0 Å². The minimum atomic E-state index is -4.09. The maximum absolute atomic E-state index is 12.2. The van der Waals surface area contributed by atoms with E-state index in [1.807, 2.05) is 0 Å². The largest absolute Gasteiger partial charge is 0.478 e. The van der Waals surface area contributed by atoms with Gasteiger partial charge in [0, 0.05) is 5.69 Å². The zero-order chi connectivity index (χ0) is 15.6. The highest BCUT2D eigenvalue weighted by atomic mass is 35.5. The number of anilines is 2. The second kappa shape index (κ2) is 5.58. The molecule has 0 bridgehead atoms. The van der Waals surface area contributed by atoms with Gasteiger partial charge in [0.25, 0.3) is 10.0 Å². The fourth-order valence-electron chi connectivity index (χ4n) is 1.60. The summed E-state index contributed by atoms with van der Waals surface area (Å²) in [5.41, 5.74) is 5.37. The number of sulfonamides is 1. The molecule has 0 amide bonds. The smallest absolute Gasteiger partial charge is 0.337 e. The Bertz CT molecular complexity index is 791. The molecule has 0 fully saturated rings. The van der Waals surface area contributed by atoms with Crippen molar-refractivity contribution >= 4 is 39.0 Å². The van der Waals surface area contributed by atoms with Gasteiger partial charge in [0.1, 0.15) is 10.0 Å². The van der Waals surface area contributed by atoms with Crippen molar-refractivity contribution < 1.29 is 18.3 Å². The molecule has 0 aliphatic rings. The van der Waals surface area contributed by atoms with E-state index in [9.17, 15) is 13.2 Å². The highest BCUT2D eigenvalue weighted by Crippen LogP contribution is 2.22. The molecule has 0 unspecified atom stereocenters. The van der Waals surface area contributed by atoms with Crippen LogP contribution in [0.4, 0.5) is 11.4 Å². The average Bonchev–Trinajstić information content (AvgIpc) is 2.40. The van der Waals surface area contributed by atoms with Crippen molar-refractivity contribution in [2.45, 2.75) is 4.90 Å². The first-order chi connectivity index (χ1) is 9.79. The number of carbonyl (C=O) groups is 1. The number of halogens is 1. The van der Waals surface area contributed by atoms with Crippen LogP contribution in [0.2, 0.25) is 5.15 Å². The lowest BCUT2D eigenvalue weighted by atomic mass is 10.2. The lowest BCUT2D eigenvalue weighted by Gasteiger charge is -2.10. The zero-order valence-electron chi connectivity index (χ0n) is 10.4. The molecule has 7 nitrogen and oxygen atoms in total. The topological polar surface area (TPSA) is 122 Å². The van der Waals surface area contributed by atoms with E-state index < -0.39 is 21.6 Å². The van der Waals surface area contributed by atoms with Crippen LogP contribution in [0.15, 0.2) is 41.4 Å². The molecule has 0 atom stereocenters. The first-order valence-electron chi connectivity index (χ1n) is 5.57. The monoisotopic (exact) mass is 327 g/mol. The van der Waals surface area contributed by atoms with Crippen molar-refractivity contribution in [3.63, 3.8) is 0 Å². The molecule has 0 saturated heterocycles. The van der Waals surface area contributed by atoms with Crippen molar-refractivity contribution in [1.82, 2.24) is 4.98 Å². The lowest BCUT2D eigenvalue weighted by molar-refractivity contribution is 0.0692. The van der Waals surface area contributed by atoms with Crippen LogP contribution in [0, 0.1) is 0 Å². The Morgan fingerprint density at radius 2 is 2.00 bits per heavy atom. The molecule has 2 aromatic rings. The molecule has 0 radical (unpaired) electrons. The number of aromatic carboxylic acids is 1. The Kier molecular flexibility index (Phi) is 4.01. The number of carboxylic acid groups (broad SMARTS) is 1. The molecule has 1 aromatic carbocycles. The highest BCUT2D eigenvalue weighted by molar-refractivity contribution is 7.92. The van der Waals surface area contributed by atoms with Gasteiger partial charge in [-0.1, -0.05) is 11.6 Å². The van der Waals surface area contributed by atoms with Crippen LogP contribution in [0.5, 0.6) is 0 Å². The van der Waals surface area contributed by atoms with Crippen molar-refractivity contribution in [2.24, 2.45) is 0 Å². The second-order valence-corrected chi connectivity index (χ2v) is 6.07. The molecule has 0 spiro atoms. The minimum absolute atomic E-state index is 0.152. The summed E-state index contributed by atoms with van der Waals surface area (Å²) in [4.78, 5) is 14.5. The van der Waals surface area contributed by atoms with E-state index >= 15 is 0 Å². The minimum Gasteiger partial charge on any atom is -0.478 e. The number of nitrogens with one attached hydrogen (secondary N) is 1. The number of nitrogens with two attached hydrogens (primary N) is 1. The average molecular weight is 328 g/mol. The molecule has 0 aliphatic carbocycles. The van der Waals surface area contributed by atoms with Crippen LogP contribution in [0.3, 0.4) is 0 Å². The Morgan fingerprint density at radius 3 is 2.57 bits per heavy atom. The van der Waals surface area contributed by atoms with Crippen molar-refractivity contribution in [3.05, 3.63) is 47.2 Å². The van der Waals surface area contributed by atoms with Gasteiger partial charge in [0.2, 0.25) is 0 Å². The van der Waals surface area contributed by atoms with Crippen LogP contribution in [0.25, 0.3) is 0 Å². The SMILES string of the molecule is Nc1ccc(S(=O)(=O)Nc2ccc(Cl)nc2)c(C(=O)O)c1. The number of aromatic nitrogens is 1. The van der Waals surface area contributed by atoms with E-state index in [1.54, 1.807) is 0 Å². The molecule has 0 aliphatic heterocycles. The standard InChI is InChI=1S/C12H10ClN3O4S/c13-11-4-2-8(6-15-11)16-21(19,20)10-3-1-7(14)5-9(10)12(17)18/h1-6,16H,14H2,(H,17,18). The summed E-state index contributed by atoms with van der Waals surface area (Å²) in [6.45, 7) is 0.